The van der Waals surface area contributed by atoms with Gasteiger partial charge in [-0.1, -0.05) is 0 Å². The summed E-state index contributed by atoms with van der Waals surface area (Å²) in [6, 6.07) is 8.96. The van der Waals surface area contributed by atoms with Gasteiger partial charge in [-0.05, 0) is 24.3 Å². The number of benzene rings is 1. The predicted octanol–water partition coefficient (Wildman–Crippen LogP) is -2.93. The molecule has 6 nitrogen and oxygen atoms in total. The summed E-state index contributed by atoms with van der Waals surface area (Å²) >= 11 is 0. The van der Waals surface area contributed by atoms with Crippen molar-refractivity contribution in [2.24, 2.45) is 0 Å². The zero-order chi connectivity index (χ0) is 15.8. The molecule has 1 saturated heterocycles. The van der Waals surface area contributed by atoms with E-state index in [0.29, 0.717) is 17.9 Å². The Morgan fingerprint density at radius 1 is 1.14 bits per heavy atom. The lowest BCUT2D eigenvalue weighted by Crippen LogP contribution is -3.28. The number of nitrogens with zero attached hydrogens (tertiary/aromatic N) is 1. The highest BCUT2D eigenvalue weighted by atomic mass is 16.5. The summed E-state index contributed by atoms with van der Waals surface area (Å²) in [6.45, 7) is 6.12. The number of aliphatic hydroxyl groups excluding tert-OH is 2. The second-order valence-electron chi connectivity index (χ2n) is 5.78. The SMILES string of the molecule is N#Cc1ccc(OC[C@@H](O)C[NH+]2CC[NH+](CCO)CC2)cc1. The third-order valence-electron chi connectivity index (χ3n) is 4.08. The lowest BCUT2D eigenvalue weighted by molar-refractivity contribution is -1.01. The van der Waals surface area contributed by atoms with Crippen LogP contribution in [0.5, 0.6) is 5.75 Å². The number of nitrogens with one attached hydrogen (secondary N) is 2. The minimum atomic E-state index is -0.495. The average Bonchev–Trinajstić information content (AvgIpc) is 2.55. The van der Waals surface area contributed by atoms with Crippen molar-refractivity contribution in [2.45, 2.75) is 6.10 Å². The van der Waals surface area contributed by atoms with E-state index in [0.717, 1.165) is 32.7 Å². The Bertz CT molecular complexity index is 478. The molecule has 0 spiro atoms. The van der Waals surface area contributed by atoms with Crippen molar-refractivity contribution < 1.29 is 24.7 Å². The van der Waals surface area contributed by atoms with Gasteiger partial charge < -0.3 is 24.7 Å². The molecule has 1 aromatic carbocycles. The molecule has 1 aliphatic heterocycles. The molecule has 22 heavy (non-hydrogen) atoms. The highest BCUT2D eigenvalue weighted by molar-refractivity contribution is 5.34. The molecule has 1 aromatic rings. The fourth-order valence-corrected chi connectivity index (χ4v) is 2.78. The van der Waals surface area contributed by atoms with Crippen molar-refractivity contribution in [1.82, 2.24) is 0 Å². The summed E-state index contributed by atoms with van der Waals surface area (Å²) in [7, 11) is 0. The number of aliphatic hydroxyl groups is 2. The van der Waals surface area contributed by atoms with Gasteiger partial charge in [-0.25, -0.2) is 0 Å². The van der Waals surface area contributed by atoms with Crippen LogP contribution in [0.25, 0.3) is 0 Å². The van der Waals surface area contributed by atoms with E-state index in [1.165, 1.54) is 9.80 Å². The number of hydrogen-bond donors (Lipinski definition) is 4. The number of rotatable bonds is 7. The molecule has 0 amide bonds. The van der Waals surface area contributed by atoms with Crippen LogP contribution in [0.3, 0.4) is 0 Å². The first-order valence-electron chi connectivity index (χ1n) is 7.80. The standard InChI is InChI=1S/C16H23N3O3/c17-11-14-1-3-16(4-2-14)22-13-15(21)12-19-7-5-18(6-8-19)9-10-20/h1-4,15,20-21H,5-10,12-13H2/p+2/t15-/m0/s1. The van der Waals surface area contributed by atoms with Crippen LogP contribution >= 0.6 is 0 Å². The third kappa shape index (κ3) is 5.28. The first-order valence-corrected chi connectivity index (χ1v) is 7.80. The second-order valence-corrected chi connectivity index (χ2v) is 5.78. The number of piperazine rings is 1. The molecule has 6 heteroatoms. The average molecular weight is 307 g/mol. The molecule has 2 rings (SSSR count). The Balaban J connectivity index is 1.67. The van der Waals surface area contributed by atoms with Crippen LogP contribution in [0.1, 0.15) is 5.56 Å². The summed E-state index contributed by atoms with van der Waals surface area (Å²) in [6.07, 6.45) is -0.495. The maximum absolute atomic E-state index is 10.1. The third-order valence-corrected chi connectivity index (χ3v) is 4.08. The van der Waals surface area contributed by atoms with E-state index in [9.17, 15) is 5.11 Å². The summed E-state index contributed by atoms with van der Waals surface area (Å²) in [5, 5.41) is 27.8. The fourth-order valence-electron chi connectivity index (χ4n) is 2.78. The van der Waals surface area contributed by atoms with Gasteiger partial charge >= 0.3 is 0 Å². The summed E-state index contributed by atoms with van der Waals surface area (Å²) < 4.78 is 5.56. The van der Waals surface area contributed by atoms with E-state index < -0.39 is 6.10 Å². The van der Waals surface area contributed by atoms with Crippen molar-refractivity contribution >= 4 is 0 Å². The van der Waals surface area contributed by atoms with Gasteiger partial charge in [0.05, 0.1) is 18.2 Å². The van der Waals surface area contributed by atoms with Gasteiger partial charge in [0.25, 0.3) is 0 Å². The van der Waals surface area contributed by atoms with E-state index in [-0.39, 0.29) is 13.2 Å². The van der Waals surface area contributed by atoms with E-state index in [1.54, 1.807) is 24.3 Å². The Morgan fingerprint density at radius 3 is 2.36 bits per heavy atom. The van der Waals surface area contributed by atoms with Crippen molar-refractivity contribution in [2.75, 3.05) is 52.5 Å². The topological polar surface area (TPSA) is 82.4 Å². The van der Waals surface area contributed by atoms with E-state index in [1.807, 2.05) is 0 Å². The molecule has 1 atom stereocenters. The van der Waals surface area contributed by atoms with E-state index in [2.05, 4.69) is 6.07 Å². The number of hydrogen-bond acceptors (Lipinski definition) is 4. The first-order chi connectivity index (χ1) is 10.7. The zero-order valence-corrected chi connectivity index (χ0v) is 12.8. The number of nitriles is 1. The fraction of sp³-hybridized carbons (Fsp3) is 0.562. The van der Waals surface area contributed by atoms with Crippen molar-refractivity contribution in [1.29, 1.82) is 5.26 Å². The molecule has 0 aromatic heterocycles. The summed E-state index contributed by atoms with van der Waals surface area (Å²) in [5.74, 6) is 0.672. The van der Waals surface area contributed by atoms with Gasteiger partial charge in [0.15, 0.2) is 0 Å². The Morgan fingerprint density at radius 2 is 1.77 bits per heavy atom. The van der Waals surface area contributed by atoms with Crippen LogP contribution in [0.4, 0.5) is 0 Å². The van der Waals surface area contributed by atoms with Gasteiger partial charge in [0, 0.05) is 0 Å². The maximum atomic E-state index is 10.1. The lowest BCUT2D eigenvalue weighted by Gasteiger charge is -2.30. The molecule has 0 radical (unpaired) electrons. The van der Waals surface area contributed by atoms with Crippen LogP contribution < -0.4 is 14.5 Å². The quantitative estimate of drug-likeness (QED) is 0.435. The maximum Gasteiger partial charge on any atom is 0.137 e. The van der Waals surface area contributed by atoms with Gasteiger partial charge in [0.1, 0.15) is 57.7 Å². The van der Waals surface area contributed by atoms with Crippen molar-refractivity contribution in [3.05, 3.63) is 29.8 Å². The van der Waals surface area contributed by atoms with E-state index in [4.69, 9.17) is 15.1 Å². The highest BCUT2D eigenvalue weighted by Crippen LogP contribution is 2.11. The molecular formula is C16H25N3O3+2. The second kappa shape index (κ2) is 8.71. The van der Waals surface area contributed by atoms with Gasteiger partial charge in [-0.3, -0.25) is 0 Å². The molecule has 1 aliphatic rings. The van der Waals surface area contributed by atoms with Crippen LogP contribution in [0, 0.1) is 11.3 Å². The molecule has 0 unspecified atom stereocenters. The zero-order valence-electron chi connectivity index (χ0n) is 12.8. The molecule has 0 aliphatic carbocycles. The van der Waals surface area contributed by atoms with Gasteiger partial charge in [0.2, 0.25) is 0 Å². The predicted molar refractivity (Wildman–Crippen MR) is 80.9 cm³/mol. The normalized spacial score (nSPS) is 22.8. The molecule has 1 heterocycles. The molecule has 120 valence electrons. The van der Waals surface area contributed by atoms with Crippen LogP contribution in [0.2, 0.25) is 0 Å². The number of ether oxygens (including phenoxy) is 1. The van der Waals surface area contributed by atoms with Crippen LogP contribution in [-0.4, -0.2) is 68.8 Å². The van der Waals surface area contributed by atoms with Gasteiger partial charge in [-0.15, -0.1) is 0 Å². The summed E-state index contributed by atoms with van der Waals surface area (Å²) in [5.41, 5.74) is 0.598. The van der Waals surface area contributed by atoms with E-state index >= 15 is 0 Å². The Kier molecular flexibility index (Phi) is 6.62. The Labute approximate surface area is 131 Å². The molecule has 0 bridgehead atoms. The molecule has 0 saturated carbocycles. The van der Waals surface area contributed by atoms with Crippen molar-refractivity contribution in [3.63, 3.8) is 0 Å². The number of quaternary nitrogens is 2. The minimum absolute atomic E-state index is 0.242. The summed E-state index contributed by atoms with van der Waals surface area (Å²) in [4.78, 5) is 2.83. The minimum Gasteiger partial charge on any atom is -0.491 e. The molecular weight excluding hydrogens is 282 g/mol. The first kappa shape index (κ1) is 16.7. The molecule has 1 fully saturated rings. The Hall–Kier alpha value is -1.65. The van der Waals surface area contributed by atoms with Gasteiger partial charge in [-0.2, -0.15) is 5.26 Å². The smallest absolute Gasteiger partial charge is 0.137 e. The largest absolute Gasteiger partial charge is 0.491 e. The van der Waals surface area contributed by atoms with Crippen LogP contribution in [0.15, 0.2) is 24.3 Å². The molecule has 4 N–H and O–H groups in total. The highest BCUT2D eigenvalue weighted by Gasteiger charge is 2.24. The monoisotopic (exact) mass is 307 g/mol. The van der Waals surface area contributed by atoms with Crippen LogP contribution in [-0.2, 0) is 0 Å². The lowest BCUT2D eigenvalue weighted by atomic mass is 10.2. The van der Waals surface area contributed by atoms with Crippen molar-refractivity contribution in [3.8, 4) is 11.8 Å².